The number of aliphatic carboxylic acids is 1. The number of amides is 1. The number of guanidine groups is 1. The monoisotopic (exact) mass is 312 g/mol. The number of carboxylic acids is 1. The number of rotatable bonds is 7. The predicted molar refractivity (Wildman–Crippen MR) is 85.2 cm³/mol. The van der Waals surface area contributed by atoms with Crippen LogP contribution in [0.4, 0.5) is 0 Å². The standard InChI is InChI=1S/C15H28N4O3/c1-3-4-5-12(18-9(2)20)11-8-10(14(21)22)6-7-13(11)19-15(16)17/h10-13H,3-8H2,1-2H3,(H,18,20)(H,21,22)(H4,16,17,19)/t10-,11-,12+,13-/m1/s1. The molecule has 0 aromatic carbocycles. The van der Waals surface area contributed by atoms with E-state index in [0.29, 0.717) is 19.3 Å². The van der Waals surface area contributed by atoms with Crippen molar-refractivity contribution in [3.63, 3.8) is 0 Å². The Labute approximate surface area is 131 Å². The normalized spacial score (nSPS) is 26.0. The summed E-state index contributed by atoms with van der Waals surface area (Å²) in [6.07, 6.45) is 4.47. The van der Waals surface area contributed by atoms with E-state index in [1.54, 1.807) is 0 Å². The average molecular weight is 312 g/mol. The Balaban J connectivity index is 2.96. The molecule has 1 rings (SSSR count). The summed E-state index contributed by atoms with van der Waals surface area (Å²) >= 11 is 0. The molecule has 126 valence electrons. The van der Waals surface area contributed by atoms with E-state index < -0.39 is 11.9 Å². The van der Waals surface area contributed by atoms with Gasteiger partial charge in [0.15, 0.2) is 5.96 Å². The third-order valence-electron chi connectivity index (χ3n) is 4.30. The number of hydrogen-bond acceptors (Lipinski definition) is 3. The van der Waals surface area contributed by atoms with E-state index >= 15 is 0 Å². The Morgan fingerprint density at radius 2 is 2.05 bits per heavy atom. The smallest absolute Gasteiger partial charge is 0.306 e. The fourth-order valence-electron chi connectivity index (χ4n) is 3.28. The molecule has 1 aliphatic rings. The summed E-state index contributed by atoms with van der Waals surface area (Å²) in [5, 5.41) is 12.3. The van der Waals surface area contributed by atoms with E-state index in [-0.39, 0.29) is 29.9 Å². The van der Waals surface area contributed by atoms with Gasteiger partial charge in [0.05, 0.1) is 12.0 Å². The minimum absolute atomic E-state index is 0.0147. The molecule has 7 heteroatoms. The van der Waals surface area contributed by atoms with Gasteiger partial charge in [0, 0.05) is 18.9 Å². The van der Waals surface area contributed by atoms with Gasteiger partial charge in [-0.3, -0.25) is 9.59 Å². The summed E-state index contributed by atoms with van der Waals surface area (Å²) in [5.74, 6) is -1.33. The van der Waals surface area contributed by atoms with Gasteiger partial charge in [-0.05, 0) is 25.7 Å². The van der Waals surface area contributed by atoms with Crippen molar-refractivity contribution in [2.75, 3.05) is 0 Å². The van der Waals surface area contributed by atoms with Crippen LogP contribution in [0.5, 0.6) is 0 Å². The molecule has 6 N–H and O–H groups in total. The van der Waals surface area contributed by atoms with Crippen molar-refractivity contribution in [2.45, 2.75) is 64.5 Å². The van der Waals surface area contributed by atoms with E-state index in [0.717, 1.165) is 19.3 Å². The summed E-state index contributed by atoms with van der Waals surface area (Å²) in [6.45, 7) is 3.56. The highest BCUT2D eigenvalue weighted by Crippen LogP contribution is 2.35. The quantitative estimate of drug-likeness (QED) is 0.408. The van der Waals surface area contributed by atoms with Crippen LogP contribution in [0.2, 0.25) is 0 Å². The zero-order valence-corrected chi connectivity index (χ0v) is 13.4. The Morgan fingerprint density at radius 3 is 2.55 bits per heavy atom. The van der Waals surface area contributed by atoms with E-state index in [4.69, 9.17) is 11.5 Å². The molecule has 0 spiro atoms. The highest BCUT2D eigenvalue weighted by atomic mass is 16.4. The molecule has 0 heterocycles. The molecule has 1 aliphatic carbocycles. The van der Waals surface area contributed by atoms with E-state index in [1.165, 1.54) is 6.92 Å². The van der Waals surface area contributed by atoms with Crippen LogP contribution < -0.4 is 16.8 Å². The molecule has 0 aliphatic heterocycles. The van der Waals surface area contributed by atoms with Gasteiger partial charge in [-0.25, -0.2) is 4.99 Å². The third-order valence-corrected chi connectivity index (χ3v) is 4.30. The SMILES string of the molecule is CCCC[C@H](NC(C)=O)[C@H]1C[C@H](C(=O)O)CC[C@H]1N=C(N)N. The first-order chi connectivity index (χ1) is 10.3. The highest BCUT2D eigenvalue weighted by Gasteiger charge is 2.38. The number of carbonyl (C=O) groups excluding carboxylic acids is 1. The second-order valence-corrected chi connectivity index (χ2v) is 6.08. The van der Waals surface area contributed by atoms with Crippen molar-refractivity contribution >= 4 is 17.8 Å². The minimum atomic E-state index is -0.787. The number of hydrogen-bond donors (Lipinski definition) is 4. The number of nitrogens with zero attached hydrogens (tertiary/aromatic N) is 1. The Kier molecular flexibility index (Phi) is 7.14. The molecule has 1 fully saturated rings. The van der Waals surface area contributed by atoms with Gasteiger partial charge in [-0.2, -0.15) is 0 Å². The van der Waals surface area contributed by atoms with Crippen molar-refractivity contribution < 1.29 is 14.7 Å². The van der Waals surface area contributed by atoms with Gasteiger partial charge in [0.2, 0.25) is 5.91 Å². The number of nitrogens with two attached hydrogens (primary N) is 2. The van der Waals surface area contributed by atoms with Crippen molar-refractivity contribution in [3.8, 4) is 0 Å². The van der Waals surface area contributed by atoms with Gasteiger partial charge >= 0.3 is 5.97 Å². The van der Waals surface area contributed by atoms with Crippen molar-refractivity contribution in [2.24, 2.45) is 28.3 Å². The molecule has 0 aromatic heterocycles. The van der Waals surface area contributed by atoms with Crippen LogP contribution in [0.15, 0.2) is 4.99 Å². The van der Waals surface area contributed by atoms with Crippen molar-refractivity contribution in [1.29, 1.82) is 0 Å². The predicted octanol–water partition coefficient (Wildman–Crippen LogP) is 0.824. The van der Waals surface area contributed by atoms with Gasteiger partial charge in [0.25, 0.3) is 0 Å². The molecule has 1 saturated carbocycles. The maximum Gasteiger partial charge on any atom is 0.306 e. The number of nitrogens with one attached hydrogen (secondary N) is 1. The van der Waals surface area contributed by atoms with Crippen LogP contribution in [0, 0.1) is 11.8 Å². The average Bonchev–Trinajstić information content (AvgIpc) is 2.42. The largest absolute Gasteiger partial charge is 0.481 e. The maximum atomic E-state index is 11.5. The summed E-state index contributed by atoms with van der Waals surface area (Å²) < 4.78 is 0. The lowest BCUT2D eigenvalue weighted by Gasteiger charge is -2.38. The summed E-state index contributed by atoms with van der Waals surface area (Å²) in [4.78, 5) is 27.1. The molecule has 22 heavy (non-hydrogen) atoms. The van der Waals surface area contributed by atoms with Gasteiger partial charge in [-0.15, -0.1) is 0 Å². The van der Waals surface area contributed by atoms with Crippen LogP contribution in [0.1, 0.15) is 52.4 Å². The van der Waals surface area contributed by atoms with E-state index in [9.17, 15) is 14.7 Å². The zero-order chi connectivity index (χ0) is 16.7. The molecule has 4 atom stereocenters. The van der Waals surface area contributed by atoms with Crippen molar-refractivity contribution in [3.05, 3.63) is 0 Å². The first-order valence-electron chi connectivity index (χ1n) is 7.93. The molecule has 1 amide bonds. The van der Waals surface area contributed by atoms with Crippen LogP contribution in [-0.4, -0.2) is 35.0 Å². The highest BCUT2D eigenvalue weighted by molar-refractivity contribution is 5.76. The zero-order valence-electron chi connectivity index (χ0n) is 13.4. The molecule has 0 aromatic rings. The van der Waals surface area contributed by atoms with Gasteiger partial charge in [0.1, 0.15) is 0 Å². The van der Waals surface area contributed by atoms with Crippen LogP contribution in [0.25, 0.3) is 0 Å². The fraction of sp³-hybridized carbons (Fsp3) is 0.800. The molecule has 0 bridgehead atoms. The van der Waals surface area contributed by atoms with Gasteiger partial charge < -0.3 is 21.9 Å². The molecule has 0 radical (unpaired) electrons. The molecule has 7 nitrogen and oxygen atoms in total. The Hall–Kier alpha value is -1.79. The minimum Gasteiger partial charge on any atom is -0.481 e. The maximum absolute atomic E-state index is 11.5. The van der Waals surface area contributed by atoms with Crippen LogP contribution >= 0.6 is 0 Å². The number of unbranched alkanes of at least 4 members (excludes halogenated alkanes) is 1. The summed E-state index contributed by atoms with van der Waals surface area (Å²) in [5.41, 5.74) is 11.0. The molecular formula is C15H28N4O3. The summed E-state index contributed by atoms with van der Waals surface area (Å²) in [7, 11) is 0. The number of carbonyl (C=O) groups is 2. The van der Waals surface area contributed by atoms with E-state index in [1.807, 2.05) is 0 Å². The van der Waals surface area contributed by atoms with E-state index in [2.05, 4.69) is 17.2 Å². The second-order valence-electron chi connectivity index (χ2n) is 6.08. The lowest BCUT2D eigenvalue weighted by Crippen LogP contribution is -2.47. The van der Waals surface area contributed by atoms with Crippen LogP contribution in [0.3, 0.4) is 0 Å². The fourth-order valence-corrected chi connectivity index (χ4v) is 3.28. The number of aliphatic imine (C=N–C) groups is 1. The first kappa shape index (κ1) is 18.3. The first-order valence-corrected chi connectivity index (χ1v) is 7.93. The topological polar surface area (TPSA) is 131 Å². The third kappa shape index (κ3) is 5.54. The second kappa shape index (κ2) is 8.60. The number of carboxylic acid groups (broad SMARTS) is 1. The molecular weight excluding hydrogens is 284 g/mol. The Bertz CT molecular complexity index is 421. The molecule has 0 unspecified atom stereocenters. The summed E-state index contributed by atoms with van der Waals surface area (Å²) in [6, 6.07) is -0.220. The lowest BCUT2D eigenvalue weighted by molar-refractivity contribution is -0.143. The van der Waals surface area contributed by atoms with Crippen LogP contribution in [-0.2, 0) is 9.59 Å². The van der Waals surface area contributed by atoms with Gasteiger partial charge in [-0.1, -0.05) is 19.8 Å². The molecule has 0 saturated heterocycles. The lowest BCUT2D eigenvalue weighted by atomic mass is 9.73. The Morgan fingerprint density at radius 1 is 1.36 bits per heavy atom. The van der Waals surface area contributed by atoms with Crippen molar-refractivity contribution in [1.82, 2.24) is 5.32 Å².